The van der Waals surface area contributed by atoms with Crippen molar-refractivity contribution >= 4 is 5.95 Å². The van der Waals surface area contributed by atoms with Crippen molar-refractivity contribution in [3.63, 3.8) is 0 Å². The zero-order valence-corrected chi connectivity index (χ0v) is 9.05. The fourth-order valence-corrected chi connectivity index (χ4v) is 1.13. The highest BCUT2D eigenvalue weighted by Gasteiger charge is 2.03. The molecule has 1 aromatic heterocycles. The number of ether oxygens (including phenoxy) is 1. The fraction of sp³-hybridized carbons (Fsp3) is 0.500. The Kier molecular flexibility index (Phi) is 5.19. The number of nitriles is 1. The maximum Gasteiger partial charge on any atom is 0.223 e. The molecule has 6 nitrogen and oxygen atoms in total. The molecule has 0 amide bonds. The number of aliphatic hydroxyl groups excluding tert-OH is 1. The summed E-state index contributed by atoms with van der Waals surface area (Å²) in [7, 11) is 1.54. The first-order valence-electron chi connectivity index (χ1n) is 4.90. The Hall–Kier alpha value is -1.71. The van der Waals surface area contributed by atoms with Gasteiger partial charge in [-0.3, -0.25) is 0 Å². The number of hydrogen-bond acceptors (Lipinski definition) is 6. The molecule has 0 saturated carbocycles. The van der Waals surface area contributed by atoms with E-state index in [1.54, 1.807) is 0 Å². The second kappa shape index (κ2) is 6.71. The summed E-state index contributed by atoms with van der Waals surface area (Å²) < 4.78 is 4.79. The van der Waals surface area contributed by atoms with Crippen LogP contribution in [0.2, 0.25) is 0 Å². The van der Waals surface area contributed by atoms with Crippen LogP contribution in [-0.2, 0) is 4.74 Å². The number of nitrogens with zero attached hydrogens (tertiary/aromatic N) is 3. The first kappa shape index (κ1) is 12.4. The van der Waals surface area contributed by atoms with Crippen molar-refractivity contribution in [2.75, 3.05) is 25.6 Å². The third-order valence-corrected chi connectivity index (χ3v) is 1.89. The number of aromatic nitrogens is 2. The summed E-state index contributed by atoms with van der Waals surface area (Å²) in [5.74, 6) is 0.392. The van der Waals surface area contributed by atoms with Crippen molar-refractivity contribution in [2.45, 2.75) is 12.5 Å². The van der Waals surface area contributed by atoms with Gasteiger partial charge in [0.1, 0.15) is 11.8 Å². The summed E-state index contributed by atoms with van der Waals surface area (Å²) >= 11 is 0. The van der Waals surface area contributed by atoms with E-state index in [0.717, 1.165) is 0 Å². The SMILES string of the molecule is COCC(O)CCNc1nccc(C#N)n1. The van der Waals surface area contributed by atoms with Crippen molar-refractivity contribution in [3.8, 4) is 6.07 Å². The third-order valence-electron chi connectivity index (χ3n) is 1.89. The standard InChI is InChI=1S/C10H14N4O2/c1-16-7-9(15)3-5-13-10-12-4-2-8(6-11)14-10/h2,4,9,15H,3,5,7H2,1H3,(H,12,13,14). The predicted molar refractivity (Wildman–Crippen MR) is 57.7 cm³/mol. The van der Waals surface area contributed by atoms with Crippen LogP contribution < -0.4 is 5.32 Å². The van der Waals surface area contributed by atoms with E-state index >= 15 is 0 Å². The minimum Gasteiger partial charge on any atom is -0.391 e. The number of nitrogens with one attached hydrogen (secondary N) is 1. The van der Waals surface area contributed by atoms with E-state index in [-0.39, 0.29) is 0 Å². The molecule has 0 radical (unpaired) electrons. The van der Waals surface area contributed by atoms with Gasteiger partial charge in [-0.1, -0.05) is 0 Å². The van der Waals surface area contributed by atoms with Crippen molar-refractivity contribution < 1.29 is 9.84 Å². The Morgan fingerprint density at radius 1 is 1.69 bits per heavy atom. The van der Waals surface area contributed by atoms with Crippen molar-refractivity contribution in [1.82, 2.24) is 9.97 Å². The van der Waals surface area contributed by atoms with Crippen LogP contribution in [0.1, 0.15) is 12.1 Å². The molecule has 0 saturated heterocycles. The van der Waals surface area contributed by atoms with Gasteiger partial charge in [0.15, 0.2) is 0 Å². The van der Waals surface area contributed by atoms with Crippen LogP contribution in [0.4, 0.5) is 5.95 Å². The van der Waals surface area contributed by atoms with Gasteiger partial charge < -0.3 is 15.2 Å². The van der Waals surface area contributed by atoms with Gasteiger partial charge in [0.2, 0.25) is 5.95 Å². The van der Waals surface area contributed by atoms with Gasteiger partial charge in [0, 0.05) is 19.9 Å². The Labute approximate surface area is 93.9 Å². The molecular formula is C10H14N4O2. The molecule has 16 heavy (non-hydrogen) atoms. The van der Waals surface area contributed by atoms with E-state index in [1.807, 2.05) is 6.07 Å². The highest BCUT2D eigenvalue weighted by atomic mass is 16.5. The van der Waals surface area contributed by atoms with Crippen LogP contribution in [0.25, 0.3) is 0 Å². The molecule has 1 heterocycles. The Balaban J connectivity index is 2.34. The quantitative estimate of drug-likeness (QED) is 0.712. The molecule has 2 N–H and O–H groups in total. The number of hydrogen-bond donors (Lipinski definition) is 2. The summed E-state index contributed by atoms with van der Waals surface area (Å²) in [5, 5.41) is 20.9. The van der Waals surface area contributed by atoms with E-state index in [0.29, 0.717) is 31.2 Å². The van der Waals surface area contributed by atoms with Crippen LogP contribution in [0.5, 0.6) is 0 Å². The molecule has 0 fully saturated rings. The fourth-order valence-electron chi connectivity index (χ4n) is 1.13. The number of aliphatic hydroxyl groups is 1. The van der Waals surface area contributed by atoms with Crippen LogP contribution in [-0.4, -0.2) is 41.4 Å². The van der Waals surface area contributed by atoms with E-state index in [9.17, 15) is 5.11 Å². The number of methoxy groups -OCH3 is 1. The summed E-state index contributed by atoms with van der Waals surface area (Å²) in [4.78, 5) is 7.88. The average Bonchev–Trinajstić information content (AvgIpc) is 2.30. The van der Waals surface area contributed by atoms with E-state index in [2.05, 4.69) is 15.3 Å². The van der Waals surface area contributed by atoms with Gasteiger partial charge >= 0.3 is 0 Å². The highest BCUT2D eigenvalue weighted by Crippen LogP contribution is 2.00. The minimum absolute atomic E-state index is 0.306. The first-order chi connectivity index (χ1) is 7.76. The lowest BCUT2D eigenvalue weighted by Gasteiger charge is -2.09. The lowest BCUT2D eigenvalue weighted by molar-refractivity contribution is 0.0615. The summed E-state index contributed by atoms with van der Waals surface area (Å²) in [6.45, 7) is 0.834. The monoisotopic (exact) mass is 222 g/mol. The lowest BCUT2D eigenvalue weighted by atomic mass is 10.3. The molecule has 6 heteroatoms. The molecule has 1 atom stereocenters. The third kappa shape index (κ3) is 4.21. The zero-order chi connectivity index (χ0) is 11.8. The molecule has 86 valence electrons. The predicted octanol–water partition coefficient (Wildman–Crippen LogP) is 0.158. The first-order valence-corrected chi connectivity index (χ1v) is 4.90. The second-order valence-corrected chi connectivity index (χ2v) is 3.20. The zero-order valence-electron chi connectivity index (χ0n) is 9.05. The largest absolute Gasteiger partial charge is 0.391 e. The molecule has 0 bridgehead atoms. The van der Waals surface area contributed by atoms with Gasteiger partial charge in [-0.2, -0.15) is 5.26 Å². The van der Waals surface area contributed by atoms with Crippen LogP contribution in [0.15, 0.2) is 12.3 Å². The van der Waals surface area contributed by atoms with E-state index in [1.165, 1.54) is 19.4 Å². The molecule has 1 aromatic rings. The Morgan fingerprint density at radius 2 is 2.50 bits per heavy atom. The molecule has 0 aliphatic rings. The molecular weight excluding hydrogens is 208 g/mol. The maximum absolute atomic E-state index is 9.37. The highest BCUT2D eigenvalue weighted by molar-refractivity contribution is 5.29. The molecule has 1 rings (SSSR count). The summed E-state index contributed by atoms with van der Waals surface area (Å²) in [6.07, 6.45) is 1.55. The van der Waals surface area contributed by atoms with Crippen LogP contribution in [0.3, 0.4) is 0 Å². The van der Waals surface area contributed by atoms with E-state index in [4.69, 9.17) is 10.00 Å². The normalized spacial score (nSPS) is 11.8. The second-order valence-electron chi connectivity index (χ2n) is 3.20. The molecule has 0 aliphatic heterocycles. The van der Waals surface area contributed by atoms with Crippen LogP contribution in [0, 0.1) is 11.3 Å². The number of anilines is 1. The topological polar surface area (TPSA) is 91.1 Å². The summed E-state index contributed by atoms with van der Waals surface area (Å²) in [5.41, 5.74) is 0.315. The molecule has 0 aromatic carbocycles. The molecule has 1 unspecified atom stereocenters. The van der Waals surface area contributed by atoms with E-state index < -0.39 is 6.10 Å². The lowest BCUT2D eigenvalue weighted by Crippen LogP contribution is -2.19. The van der Waals surface area contributed by atoms with Gasteiger partial charge in [-0.25, -0.2) is 9.97 Å². The van der Waals surface area contributed by atoms with Gasteiger partial charge in [0.05, 0.1) is 12.7 Å². The summed E-state index contributed by atoms with van der Waals surface area (Å²) in [6, 6.07) is 3.46. The average molecular weight is 222 g/mol. The minimum atomic E-state index is -0.503. The Bertz CT molecular complexity index is 364. The van der Waals surface area contributed by atoms with Gasteiger partial charge in [-0.05, 0) is 12.5 Å². The van der Waals surface area contributed by atoms with Gasteiger partial charge in [-0.15, -0.1) is 0 Å². The van der Waals surface area contributed by atoms with Crippen LogP contribution >= 0.6 is 0 Å². The molecule has 0 aliphatic carbocycles. The van der Waals surface area contributed by atoms with Crippen molar-refractivity contribution in [1.29, 1.82) is 5.26 Å². The van der Waals surface area contributed by atoms with Crippen molar-refractivity contribution in [3.05, 3.63) is 18.0 Å². The maximum atomic E-state index is 9.37. The van der Waals surface area contributed by atoms with Crippen molar-refractivity contribution in [2.24, 2.45) is 0 Å². The van der Waals surface area contributed by atoms with Gasteiger partial charge in [0.25, 0.3) is 0 Å². The Morgan fingerprint density at radius 3 is 3.19 bits per heavy atom. The smallest absolute Gasteiger partial charge is 0.223 e. The molecule has 0 spiro atoms. The number of rotatable bonds is 6.